The van der Waals surface area contributed by atoms with E-state index < -0.39 is 18.1 Å². The van der Waals surface area contributed by atoms with E-state index in [9.17, 15) is 14.4 Å². The Morgan fingerprint density at radius 1 is 0.870 bits per heavy atom. The number of hydrogen-bond donors (Lipinski definition) is 0. The van der Waals surface area contributed by atoms with Gasteiger partial charge in [-0.25, -0.2) is 14.4 Å². The van der Waals surface area contributed by atoms with Gasteiger partial charge < -0.3 is 14.2 Å². The number of benzene rings is 2. The fourth-order valence-corrected chi connectivity index (χ4v) is 1.74. The van der Waals surface area contributed by atoms with Gasteiger partial charge in [-0.15, -0.1) is 0 Å². The molecule has 0 heterocycles. The molecule has 0 atom stereocenters. The lowest BCUT2D eigenvalue weighted by Crippen LogP contribution is -2.16. The summed E-state index contributed by atoms with van der Waals surface area (Å²) in [4.78, 5) is 35.2. The average Bonchev–Trinajstić information content (AvgIpc) is 2.56. The van der Waals surface area contributed by atoms with E-state index in [1.165, 1.54) is 12.1 Å². The van der Waals surface area contributed by atoms with Crippen molar-refractivity contribution in [3.63, 3.8) is 0 Å². The molecule has 0 aliphatic heterocycles. The molecule has 0 fully saturated rings. The maximum Gasteiger partial charge on any atom is 0.516 e. The lowest BCUT2D eigenvalue weighted by atomic mass is 10.2. The molecule has 6 nitrogen and oxygen atoms in total. The topological polar surface area (TPSA) is 78.9 Å². The Morgan fingerprint density at radius 2 is 1.52 bits per heavy atom. The quantitative estimate of drug-likeness (QED) is 0.490. The minimum absolute atomic E-state index is 0.00403. The molecular formula is C17H14O6. The molecular weight excluding hydrogens is 300 g/mol. The number of carbonyl (C=O) groups is 3. The van der Waals surface area contributed by atoms with Crippen LogP contribution in [0, 0.1) is 0 Å². The highest BCUT2D eigenvalue weighted by Gasteiger charge is 2.20. The molecule has 118 valence electrons. The average molecular weight is 314 g/mol. The van der Waals surface area contributed by atoms with Crippen LogP contribution in [0.4, 0.5) is 4.79 Å². The minimum atomic E-state index is -1.11. The fraction of sp³-hybridized carbons (Fsp3) is 0.118. The van der Waals surface area contributed by atoms with E-state index in [1.54, 1.807) is 49.4 Å². The number of ether oxygens (including phenoxy) is 3. The highest BCUT2D eigenvalue weighted by atomic mass is 16.7. The third-order valence-electron chi connectivity index (χ3n) is 2.76. The lowest BCUT2D eigenvalue weighted by Gasteiger charge is -2.09. The van der Waals surface area contributed by atoms with E-state index in [0.29, 0.717) is 5.56 Å². The van der Waals surface area contributed by atoms with Gasteiger partial charge in [-0.2, -0.15) is 0 Å². The monoisotopic (exact) mass is 314 g/mol. The van der Waals surface area contributed by atoms with Crippen molar-refractivity contribution in [1.82, 2.24) is 0 Å². The van der Waals surface area contributed by atoms with Crippen LogP contribution in [0.2, 0.25) is 0 Å². The Morgan fingerprint density at radius 3 is 2.22 bits per heavy atom. The second-order valence-electron chi connectivity index (χ2n) is 4.32. The Bertz CT molecular complexity index is 708. The predicted octanol–water partition coefficient (Wildman–Crippen LogP) is 3.22. The first-order valence-corrected chi connectivity index (χ1v) is 6.87. The molecule has 2 rings (SSSR count). The van der Waals surface area contributed by atoms with E-state index >= 15 is 0 Å². The minimum Gasteiger partial charge on any atom is -0.434 e. The van der Waals surface area contributed by atoms with Gasteiger partial charge >= 0.3 is 18.1 Å². The summed E-state index contributed by atoms with van der Waals surface area (Å²) in [6, 6.07) is 14.3. The number of rotatable bonds is 4. The Labute approximate surface area is 132 Å². The molecule has 0 unspecified atom stereocenters. The SMILES string of the molecule is CCOC(=O)OC(=O)c1ccccc1OC(=O)c1ccccc1. The summed E-state index contributed by atoms with van der Waals surface area (Å²) in [6.45, 7) is 1.66. The van der Waals surface area contributed by atoms with Crippen molar-refractivity contribution in [3.8, 4) is 5.75 Å². The van der Waals surface area contributed by atoms with Crippen LogP contribution in [0.1, 0.15) is 27.6 Å². The molecule has 6 heteroatoms. The maximum absolute atomic E-state index is 12.0. The first kappa shape index (κ1) is 16.2. The molecule has 0 radical (unpaired) electrons. The van der Waals surface area contributed by atoms with Gasteiger partial charge in [0.1, 0.15) is 11.3 Å². The summed E-state index contributed by atoms with van der Waals surface area (Å²) in [5.74, 6) is -1.59. The van der Waals surface area contributed by atoms with Gasteiger partial charge in [-0.1, -0.05) is 30.3 Å². The largest absolute Gasteiger partial charge is 0.516 e. The third-order valence-corrected chi connectivity index (χ3v) is 2.76. The standard InChI is InChI=1S/C17H14O6/c1-2-21-17(20)23-16(19)13-10-6-7-11-14(13)22-15(18)12-8-4-3-5-9-12/h3-11H,2H2,1H3. The highest BCUT2D eigenvalue weighted by Crippen LogP contribution is 2.20. The van der Waals surface area contributed by atoms with Crippen LogP contribution in [0.5, 0.6) is 5.75 Å². The zero-order valence-corrected chi connectivity index (χ0v) is 12.4. The van der Waals surface area contributed by atoms with Gasteiger partial charge in [0.25, 0.3) is 0 Å². The van der Waals surface area contributed by atoms with Crippen molar-refractivity contribution in [3.05, 3.63) is 65.7 Å². The van der Waals surface area contributed by atoms with Crippen LogP contribution in [0.15, 0.2) is 54.6 Å². The summed E-state index contributed by atoms with van der Waals surface area (Å²) in [7, 11) is 0. The van der Waals surface area contributed by atoms with Gasteiger partial charge in [0.2, 0.25) is 0 Å². The van der Waals surface area contributed by atoms with Crippen LogP contribution < -0.4 is 4.74 Å². The molecule has 0 spiro atoms. The van der Waals surface area contributed by atoms with Crippen molar-refractivity contribution >= 4 is 18.1 Å². The first-order valence-electron chi connectivity index (χ1n) is 6.87. The van der Waals surface area contributed by atoms with E-state index in [4.69, 9.17) is 4.74 Å². The van der Waals surface area contributed by atoms with E-state index in [1.807, 2.05) is 0 Å². The van der Waals surface area contributed by atoms with Crippen LogP contribution in [0.25, 0.3) is 0 Å². The van der Waals surface area contributed by atoms with Crippen molar-refractivity contribution in [1.29, 1.82) is 0 Å². The normalized spacial score (nSPS) is 9.78. The molecule has 0 N–H and O–H groups in total. The third kappa shape index (κ3) is 4.41. The van der Waals surface area contributed by atoms with Crippen LogP contribution in [-0.2, 0) is 9.47 Å². The van der Waals surface area contributed by atoms with Gasteiger partial charge in [-0.3, -0.25) is 0 Å². The first-order chi connectivity index (χ1) is 11.1. The molecule has 0 aliphatic carbocycles. The van der Waals surface area contributed by atoms with E-state index in [2.05, 4.69) is 9.47 Å². The summed E-state index contributed by atoms with van der Waals surface area (Å²) >= 11 is 0. The molecule has 0 aromatic heterocycles. The van der Waals surface area contributed by atoms with Gasteiger partial charge in [-0.05, 0) is 31.2 Å². The fourth-order valence-electron chi connectivity index (χ4n) is 1.74. The van der Waals surface area contributed by atoms with Crippen LogP contribution in [-0.4, -0.2) is 24.7 Å². The van der Waals surface area contributed by atoms with Crippen LogP contribution in [0.3, 0.4) is 0 Å². The molecule has 0 amide bonds. The van der Waals surface area contributed by atoms with Crippen molar-refractivity contribution in [2.24, 2.45) is 0 Å². The van der Waals surface area contributed by atoms with Gasteiger partial charge in [0.05, 0.1) is 12.2 Å². The number of esters is 2. The summed E-state index contributed by atoms with van der Waals surface area (Å²) in [5, 5.41) is 0. The summed E-state index contributed by atoms with van der Waals surface area (Å²) in [6.07, 6.45) is -1.11. The van der Waals surface area contributed by atoms with Crippen LogP contribution >= 0.6 is 0 Å². The number of hydrogen-bond acceptors (Lipinski definition) is 6. The van der Waals surface area contributed by atoms with E-state index in [-0.39, 0.29) is 17.9 Å². The number of carbonyl (C=O) groups excluding carboxylic acids is 3. The maximum atomic E-state index is 12.0. The Hall–Kier alpha value is -3.15. The summed E-state index contributed by atoms with van der Waals surface area (Å²) < 4.78 is 14.3. The summed E-state index contributed by atoms with van der Waals surface area (Å²) in [5.41, 5.74) is 0.283. The number of para-hydroxylation sites is 1. The second kappa shape index (κ2) is 7.74. The van der Waals surface area contributed by atoms with Gasteiger partial charge in [0, 0.05) is 0 Å². The van der Waals surface area contributed by atoms with Gasteiger partial charge in [0.15, 0.2) is 0 Å². The zero-order chi connectivity index (χ0) is 16.7. The smallest absolute Gasteiger partial charge is 0.434 e. The lowest BCUT2D eigenvalue weighted by molar-refractivity contribution is 0.0399. The molecule has 0 saturated carbocycles. The highest BCUT2D eigenvalue weighted by molar-refractivity contribution is 5.99. The molecule has 0 bridgehead atoms. The molecule has 2 aromatic rings. The van der Waals surface area contributed by atoms with Crippen molar-refractivity contribution in [2.75, 3.05) is 6.61 Å². The Balaban J connectivity index is 2.16. The zero-order valence-electron chi connectivity index (χ0n) is 12.4. The van der Waals surface area contributed by atoms with E-state index in [0.717, 1.165) is 0 Å². The molecule has 23 heavy (non-hydrogen) atoms. The predicted molar refractivity (Wildman–Crippen MR) is 80.3 cm³/mol. The molecule has 2 aromatic carbocycles. The Kier molecular flexibility index (Phi) is 5.46. The van der Waals surface area contributed by atoms with Crippen molar-refractivity contribution < 1.29 is 28.6 Å². The molecule has 0 aliphatic rings. The second-order valence-corrected chi connectivity index (χ2v) is 4.32. The van der Waals surface area contributed by atoms with Crippen molar-refractivity contribution in [2.45, 2.75) is 6.92 Å². The molecule has 0 saturated heterocycles.